The van der Waals surface area contributed by atoms with Gasteiger partial charge in [0.25, 0.3) is 10.0 Å². The Morgan fingerprint density at radius 3 is 2.38 bits per heavy atom. The lowest BCUT2D eigenvalue weighted by Crippen LogP contribution is -2.15. The second-order valence-electron chi connectivity index (χ2n) is 4.70. The highest BCUT2D eigenvalue weighted by atomic mass is 35.5. The molecule has 4 nitrogen and oxygen atoms in total. The van der Waals surface area contributed by atoms with Crippen LogP contribution >= 0.6 is 11.6 Å². The van der Waals surface area contributed by atoms with E-state index in [-0.39, 0.29) is 10.9 Å². The molecule has 0 aliphatic carbocycles. The van der Waals surface area contributed by atoms with Gasteiger partial charge in [-0.05, 0) is 55.9 Å². The van der Waals surface area contributed by atoms with Crippen molar-refractivity contribution in [3.05, 3.63) is 59.1 Å². The summed E-state index contributed by atoms with van der Waals surface area (Å²) in [6.07, 6.45) is 0. The van der Waals surface area contributed by atoms with Crippen LogP contribution in [0, 0.1) is 0 Å². The van der Waals surface area contributed by atoms with Crippen LogP contribution in [0.25, 0.3) is 0 Å². The molecule has 0 saturated carbocycles. The first-order chi connectivity index (χ1) is 9.92. The van der Waals surface area contributed by atoms with E-state index in [0.717, 1.165) is 5.56 Å². The molecule has 1 unspecified atom stereocenters. The molecule has 2 aromatic rings. The topological polar surface area (TPSA) is 58.2 Å². The average molecular weight is 325 g/mol. The van der Waals surface area contributed by atoms with Gasteiger partial charge in [0, 0.05) is 16.8 Å². The summed E-state index contributed by atoms with van der Waals surface area (Å²) in [4.78, 5) is 0.233. The smallest absolute Gasteiger partial charge is 0.261 e. The van der Waals surface area contributed by atoms with Crippen molar-refractivity contribution in [2.45, 2.75) is 17.9 Å². The van der Waals surface area contributed by atoms with Gasteiger partial charge in [-0.2, -0.15) is 0 Å². The van der Waals surface area contributed by atoms with Crippen molar-refractivity contribution in [3.8, 4) is 0 Å². The van der Waals surface area contributed by atoms with Gasteiger partial charge in [0.15, 0.2) is 0 Å². The molecule has 21 heavy (non-hydrogen) atoms. The first-order valence-corrected chi connectivity index (χ1v) is 8.34. The Morgan fingerprint density at radius 2 is 1.76 bits per heavy atom. The molecular weight excluding hydrogens is 308 g/mol. The molecule has 0 saturated heterocycles. The molecule has 0 bridgehead atoms. The zero-order chi connectivity index (χ0) is 15.5. The molecule has 0 amide bonds. The minimum atomic E-state index is -3.61. The normalized spacial score (nSPS) is 12.9. The number of anilines is 1. The van der Waals surface area contributed by atoms with E-state index in [0.29, 0.717) is 10.7 Å². The molecule has 0 fully saturated rings. The molecule has 0 spiro atoms. The molecule has 6 heteroatoms. The third kappa shape index (κ3) is 3.97. The van der Waals surface area contributed by atoms with E-state index in [4.69, 9.17) is 11.6 Å². The Bertz CT molecular complexity index is 715. The summed E-state index contributed by atoms with van der Waals surface area (Å²) < 4.78 is 27.3. The third-order valence-electron chi connectivity index (χ3n) is 3.20. The van der Waals surface area contributed by atoms with Crippen molar-refractivity contribution in [2.24, 2.45) is 0 Å². The predicted octanol–water partition coefficient (Wildman–Crippen LogP) is 3.42. The number of hydrogen-bond acceptors (Lipinski definition) is 3. The SMILES string of the molecule is CNC(C)c1cccc(S(=O)(=O)Nc2ccc(Cl)cc2)c1. The molecule has 1 atom stereocenters. The summed E-state index contributed by atoms with van der Waals surface area (Å²) in [5, 5.41) is 3.64. The average Bonchev–Trinajstić information content (AvgIpc) is 2.49. The molecule has 2 N–H and O–H groups in total. The largest absolute Gasteiger partial charge is 0.313 e. The second kappa shape index (κ2) is 6.47. The molecule has 0 aliphatic rings. The number of rotatable bonds is 5. The van der Waals surface area contributed by atoms with Crippen LogP contribution in [0.5, 0.6) is 0 Å². The first kappa shape index (κ1) is 15.8. The summed E-state index contributed by atoms with van der Waals surface area (Å²) in [5.41, 5.74) is 1.39. The fourth-order valence-corrected chi connectivity index (χ4v) is 3.09. The summed E-state index contributed by atoms with van der Waals surface area (Å²) >= 11 is 5.79. The summed E-state index contributed by atoms with van der Waals surface area (Å²) in [6, 6.07) is 13.5. The monoisotopic (exact) mass is 324 g/mol. The summed E-state index contributed by atoms with van der Waals surface area (Å²) in [5.74, 6) is 0. The molecule has 0 heterocycles. The van der Waals surface area contributed by atoms with Gasteiger partial charge in [-0.15, -0.1) is 0 Å². The molecule has 2 rings (SSSR count). The predicted molar refractivity (Wildman–Crippen MR) is 86.2 cm³/mol. The Hall–Kier alpha value is -1.56. The number of nitrogens with one attached hydrogen (secondary N) is 2. The van der Waals surface area contributed by atoms with Gasteiger partial charge in [0.05, 0.1) is 4.90 Å². The van der Waals surface area contributed by atoms with Crippen molar-refractivity contribution in [1.82, 2.24) is 5.32 Å². The van der Waals surface area contributed by atoms with Crippen molar-refractivity contribution in [2.75, 3.05) is 11.8 Å². The zero-order valence-corrected chi connectivity index (χ0v) is 13.4. The maximum Gasteiger partial charge on any atom is 0.261 e. The fourth-order valence-electron chi connectivity index (χ4n) is 1.85. The van der Waals surface area contributed by atoms with E-state index in [1.165, 1.54) is 0 Å². The van der Waals surface area contributed by atoms with Gasteiger partial charge in [0.1, 0.15) is 0 Å². The van der Waals surface area contributed by atoms with Crippen LogP contribution in [0.2, 0.25) is 5.02 Å². The second-order valence-corrected chi connectivity index (χ2v) is 6.81. The van der Waals surface area contributed by atoms with Crippen LogP contribution in [0.3, 0.4) is 0 Å². The highest BCUT2D eigenvalue weighted by Crippen LogP contribution is 2.21. The van der Waals surface area contributed by atoms with Gasteiger partial charge < -0.3 is 5.32 Å². The van der Waals surface area contributed by atoms with E-state index in [2.05, 4.69) is 10.0 Å². The minimum Gasteiger partial charge on any atom is -0.313 e. The van der Waals surface area contributed by atoms with Crippen LogP contribution in [0.1, 0.15) is 18.5 Å². The van der Waals surface area contributed by atoms with Crippen LogP contribution in [0.4, 0.5) is 5.69 Å². The number of sulfonamides is 1. The Morgan fingerprint density at radius 1 is 1.10 bits per heavy atom. The zero-order valence-electron chi connectivity index (χ0n) is 11.8. The van der Waals surface area contributed by atoms with E-state index in [1.54, 1.807) is 42.5 Å². The molecular formula is C15H17ClN2O2S. The van der Waals surface area contributed by atoms with Gasteiger partial charge in [0.2, 0.25) is 0 Å². The molecule has 0 aliphatic heterocycles. The van der Waals surface area contributed by atoms with Crippen LogP contribution < -0.4 is 10.0 Å². The van der Waals surface area contributed by atoms with E-state index >= 15 is 0 Å². The molecule has 0 radical (unpaired) electrons. The van der Waals surface area contributed by atoms with E-state index in [9.17, 15) is 8.42 Å². The van der Waals surface area contributed by atoms with Gasteiger partial charge in [-0.25, -0.2) is 8.42 Å². The third-order valence-corrected chi connectivity index (χ3v) is 4.83. The van der Waals surface area contributed by atoms with E-state index in [1.807, 2.05) is 20.0 Å². The van der Waals surface area contributed by atoms with Crippen molar-refractivity contribution < 1.29 is 8.42 Å². The van der Waals surface area contributed by atoms with Crippen LogP contribution in [0.15, 0.2) is 53.4 Å². The number of benzene rings is 2. The van der Waals surface area contributed by atoms with Crippen molar-refractivity contribution in [3.63, 3.8) is 0 Å². The maximum atomic E-state index is 12.4. The highest BCUT2D eigenvalue weighted by molar-refractivity contribution is 7.92. The standard InChI is InChI=1S/C15H17ClN2O2S/c1-11(17-2)12-4-3-5-15(10-12)21(19,20)18-14-8-6-13(16)7-9-14/h3-11,17-18H,1-2H3. The summed E-state index contributed by atoms with van der Waals surface area (Å²) in [7, 11) is -1.78. The quantitative estimate of drug-likeness (QED) is 0.886. The molecule has 0 aromatic heterocycles. The van der Waals surface area contributed by atoms with E-state index < -0.39 is 10.0 Å². The Balaban J connectivity index is 2.29. The van der Waals surface area contributed by atoms with Crippen LogP contribution in [-0.4, -0.2) is 15.5 Å². The number of hydrogen-bond donors (Lipinski definition) is 2. The highest BCUT2D eigenvalue weighted by Gasteiger charge is 2.15. The number of halogens is 1. The first-order valence-electron chi connectivity index (χ1n) is 6.48. The molecule has 2 aromatic carbocycles. The fraction of sp³-hybridized carbons (Fsp3) is 0.200. The van der Waals surface area contributed by atoms with Crippen molar-refractivity contribution in [1.29, 1.82) is 0 Å². The van der Waals surface area contributed by atoms with Gasteiger partial charge in [-0.1, -0.05) is 23.7 Å². The van der Waals surface area contributed by atoms with Crippen LogP contribution in [-0.2, 0) is 10.0 Å². The van der Waals surface area contributed by atoms with Gasteiger partial charge in [-0.3, -0.25) is 4.72 Å². The lowest BCUT2D eigenvalue weighted by molar-refractivity contribution is 0.600. The minimum absolute atomic E-state index is 0.0793. The lowest BCUT2D eigenvalue weighted by Gasteiger charge is -2.13. The Kier molecular flexibility index (Phi) is 4.88. The van der Waals surface area contributed by atoms with Crippen molar-refractivity contribution >= 4 is 27.3 Å². The lowest BCUT2D eigenvalue weighted by atomic mass is 10.1. The molecule has 112 valence electrons. The Labute approximate surface area is 130 Å². The van der Waals surface area contributed by atoms with Gasteiger partial charge >= 0.3 is 0 Å². The summed E-state index contributed by atoms with van der Waals surface area (Å²) in [6.45, 7) is 1.97. The maximum absolute atomic E-state index is 12.4.